The Balaban J connectivity index is 1.38. The fourth-order valence-corrected chi connectivity index (χ4v) is 7.25. The van der Waals surface area contributed by atoms with Crippen LogP contribution in [-0.2, 0) is 6.42 Å². The average Bonchev–Trinajstić information content (AvgIpc) is 3.43. The van der Waals surface area contributed by atoms with E-state index in [1.54, 1.807) is 12.1 Å². The van der Waals surface area contributed by atoms with Crippen molar-refractivity contribution in [3.05, 3.63) is 59.8 Å². The number of rotatable bonds is 6. The van der Waals surface area contributed by atoms with Crippen LogP contribution in [-0.4, -0.2) is 80.7 Å². The van der Waals surface area contributed by atoms with E-state index in [1.807, 2.05) is 17.9 Å². The molecule has 230 valence electrons. The number of anilines is 1. The Morgan fingerprint density at radius 2 is 2.00 bits per heavy atom. The molecule has 3 atom stereocenters. The number of ether oxygens (including phenoxy) is 1. The van der Waals surface area contributed by atoms with Gasteiger partial charge in [0, 0.05) is 37.8 Å². The number of aryl methyl sites for hydroxylation is 1. The first-order valence-electron chi connectivity index (χ1n) is 15.2. The molecule has 4 aromatic rings. The lowest BCUT2D eigenvalue weighted by Crippen LogP contribution is -2.43. The Hall–Kier alpha value is -3.96. The standard InChI is InChI=1S/C33H34F3N5O3/c1-2-23-26(35)8-7-19-12-22(43)13-24(27(19)23)29-28(36)30-25(15-37-29)31(40-10-4-3-6-21(42)17-40)39-32(38-30)44-18-33-9-5-11-41(33)16-20(34)14-33/h3,6-8,12-13,15,20-21,42-43H,2,4-5,9-11,14,16-18H2,1H3/t20-,21?,33+/m1/s1. The number of alkyl halides is 1. The van der Waals surface area contributed by atoms with Gasteiger partial charge in [0.2, 0.25) is 0 Å². The highest BCUT2D eigenvalue weighted by atomic mass is 19.1. The van der Waals surface area contributed by atoms with Crippen molar-refractivity contribution in [1.82, 2.24) is 19.9 Å². The Bertz CT molecular complexity index is 1790. The van der Waals surface area contributed by atoms with Gasteiger partial charge < -0.3 is 19.8 Å². The highest BCUT2D eigenvalue weighted by Crippen LogP contribution is 2.42. The molecule has 7 rings (SSSR count). The van der Waals surface area contributed by atoms with Crippen LogP contribution in [0.4, 0.5) is 19.0 Å². The summed E-state index contributed by atoms with van der Waals surface area (Å²) < 4.78 is 52.2. The van der Waals surface area contributed by atoms with Gasteiger partial charge in [0.25, 0.3) is 0 Å². The van der Waals surface area contributed by atoms with E-state index < -0.39 is 29.4 Å². The van der Waals surface area contributed by atoms with Crippen molar-refractivity contribution in [3.8, 4) is 23.0 Å². The first kappa shape index (κ1) is 28.8. The normalized spacial score (nSPS) is 23.9. The zero-order chi connectivity index (χ0) is 30.6. The second kappa shape index (κ2) is 11.2. The molecule has 2 aromatic heterocycles. The number of benzene rings is 2. The molecule has 0 amide bonds. The van der Waals surface area contributed by atoms with Crippen LogP contribution in [0.25, 0.3) is 32.9 Å². The third-order valence-corrected chi connectivity index (χ3v) is 9.27. The molecule has 2 saturated heterocycles. The van der Waals surface area contributed by atoms with Crippen LogP contribution in [0.3, 0.4) is 0 Å². The smallest absolute Gasteiger partial charge is 0.319 e. The topological polar surface area (TPSA) is 94.8 Å². The van der Waals surface area contributed by atoms with E-state index in [0.29, 0.717) is 59.9 Å². The maximum atomic E-state index is 16.7. The molecular formula is C33H34F3N5O3. The minimum Gasteiger partial charge on any atom is -0.508 e. The summed E-state index contributed by atoms with van der Waals surface area (Å²) >= 11 is 0. The van der Waals surface area contributed by atoms with E-state index in [-0.39, 0.29) is 41.7 Å². The molecule has 3 aliphatic rings. The average molecular weight is 606 g/mol. The predicted octanol–water partition coefficient (Wildman–Crippen LogP) is 5.47. The van der Waals surface area contributed by atoms with Crippen LogP contribution >= 0.6 is 0 Å². The highest BCUT2D eigenvalue weighted by Gasteiger charge is 2.49. The number of fused-ring (bicyclic) bond motifs is 3. The van der Waals surface area contributed by atoms with Crippen molar-refractivity contribution >= 4 is 27.5 Å². The van der Waals surface area contributed by atoms with E-state index >= 15 is 4.39 Å². The molecule has 2 N–H and O–H groups in total. The van der Waals surface area contributed by atoms with Gasteiger partial charge in [-0.15, -0.1) is 0 Å². The lowest BCUT2D eigenvalue weighted by molar-refractivity contribution is 0.107. The number of nitrogens with zero attached hydrogens (tertiary/aromatic N) is 5. The number of aromatic nitrogens is 3. The van der Waals surface area contributed by atoms with E-state index in [9.17, 15) is 19.0 Å². The van der Waals surface area contributed by atoms with Crippen molar-refractivity contribution in [3.63, 3.8) is 0 Å². The fraction of sp³-hybridized carbons (Fsp3) is 0.424. The molecule has 2 aromatic carbocycles. The van der Waals surface area contributed by atoms with Crippen LogP contribution in [0.2, 0.25) is 0 Å². The molecule has 3 aliphatic heterocycles. The summed E-state index contributed by atoms with van der Waals surface area (Å²) in [5.74, 6) is -0.941. The van der Waals surface area contributed by atoms with Crippen molar-refractivity contribution in [2.45, 2.75) is 56.8 Å². The monoisotopic (exact) mass is 605 g/mol. The van der Waals surface area contributed by atoms with Crippen molar-refractivity contribution in [2.75, 3.05) is 37.7 Å². The van der Waals surface area contributed by atoms with Gasteiger partial charge in [-0.3, -0.25) is 9.88 Å². The minimum atomic E-state index is -0.931. The molecule has 0 aliphatic carbocycles. The van der Waals surface area contributed by atoms with Crippen molar-refractivity contribution in [2.24, 2.45) is 0 Å². The summed E-state index contributed by atoms with van der Waals surface area (Å²) in [6, 6.07) is 5.73. The summed E-state index contributed by atoms with van der Waals surface area (Å²) in [7, 11) is 0. The summed E-state index contributed by atoms with van der Waals surface area (Å²) in [5.41, 5.74) is 0.0317. The quantitative estimate of drug-likeness (QED) is 0.280. The van der Waals surface area contributed by atoms with E-state index in [0.717, 1.165) is 19.4 Å². The number of hydrogen-bond acceptors (Lipinski definition) is 8. The Morgan fingerprint density at radius 3 is 2.84 bits per heavy atom. The third-order valence-electron chi connectivity index (χ3n) is 9.27. The largest absolute Gasteiger partial charge is 0.508 e. The minimum absolute atomic E-state index is 0.0526. The number of aliphatic hydroxyl groups excluding tert-OH is 1. The van der Waals surface area contributed by atoms with Gasteiger partial charge in [-0.2, -0.15) is 9.97 Å². The Labute approximate surface area is 252 Å². The summed E-state index contributed by atoms with van der Waals surface area (Å²) in [6.07, 6.45) is 6.49. The number of halogens is 3. The molecule has 0 spiro atoms. The van der Waals surface area contributed by atoms with Gasteiger partial charge >= 0.3 is 6.01 Å². The molecule has 0 radical (unpaired) electrons. The van der Waals surface area contributed by atoms with Gasteiger partial charge in [0.1, 0.15) is 41.4 Å². The molecule has 2 fully saturated rings. The number of phenols is 1. The number of aliphatic hydroxyl groups is 1. The molecule has 8 nitrogen and oxygen atoms in total. The van der Waals surface area contributed by atoms with Crippen LogP contribution in [0.5, 0.6) is 11.8 Å². The maximum Gasteiger partial charge on any atom is 0.319 e. The van der Waals surface area contributed by atoms with Crippen LogP contribution in [0.15, 0.2) is 42.6 Å². The van der Waals surface area contributed by atoms with Crippen molar-refractivity contribution in [1.29, 1.82) is 0 Å². The number of aromatic hydroxyl groups is 1. The molecule has 0 saturated carbocycles. The lowest BCUT2D eigenvalue weighted by Gasteiger charge is -2.31. The molecular weight excluding hydrogens is 571 g/mol. The zero-order valence-electron chi connectivity index (χ0n) is 24.4. The number of pyridine rings is 1. The SMILES string of the molecule is CCc1c(F)ccc2cc(O)cc(-c3ncc4c(N5CCC=CC(O)C5)nc(OC[C@@]56CCCN5C[C@H](F)C6)nc4c3F)c12. The molecule has 1 unspecified atom stereocenters. The van der Waals surface area contributed by atoms with Crippen LogP contribution < -0.4 is 9.64 Å². The number of phenolic OH excluding ortho intramolecular Hbond substituents is 1. The van der Waals surface area contributed by atoms with E-state index in [1.165, 1.54) is 24.4 Å². The predicted molar refractivity (Wildman–Crippen MR) is 162 cm³/mol. The first-order chi connectivity index (χ1) is 21.3. The second-order valence-corrected chi connectivity index (χ2v) is 12.1. The summed E-state index contributed by atoms with van der Waals surface area (Å²) in [6.45, 7) is 3.89. The Kier molecular flexibility index (Phi) is 7.32. The highest BCUT2D eigenvalue weighted by molar-refractivity contribution is 6.01. The van der Waals surface area contributed by atoms with Gasteiger partial charge in [0.15, 0.2) is 5.82 Å². The number of hydrogen-bond donors (Lipinski definition) is 2. The molecule has 44 heavy (non-hydrogen) atoms. The summed E-state index contributed by atoms with van der Waals surface area (Å²) in [4.78, 5) is 17.6. The number of β-amino-alcohol motifs (C(OH)–C–C–N with tert-alkyl or cyclic N) is 1. The van der Waals surface area contributed by atoms with Crippen LogP contribution in [0, 0.1) is 11.6 Å². The summed E-state index contributed by atoms with van der Waals surface area (Å²) in [5, 5.41) is 22.4. The first-order valence-corrected chi connectivity index (χ1v) is 15.2. The van der Waals surface area contributed by atoms with Crippen LogP contribution in [0.1, 0.15) is 38.2 Å². The van der Waals surface area contributed by atoms with E-state index in [4.69, 9.17) is 4.74 Å². The zero-order valence-corrected chi connectivity index (χ0v) is 24.4. The van der Waals surface area contributed by atoms with Crippen molar-refractivity contribution < 1.29 is 28.1 Å². The lowest BCUT2D eigenvalue weighted by atomic mass is 9.94. The fourth-order valence-electron chi connectivity index (χ4n) is 7.25. The van der Waals surface area contributed by atoms with E-state index in [2.05, 4.69) is 19.9 Å². The van der Waals surface area contributed by atoms with Gasteiger partial charge in [-0.1, -0.05) is 25.1 Å². The third kappa shape index (κ3) is 4.92. The second-order valence-electron chi connectivity index (χ2n) is 12.1. The van der Waals surface area contributed by atoms with Gasteiger partial charge in [-0.05, 0) is 66.8 Å². The Morgan fingerprint density at radius 1 is 1.14 bits per heavy atom. The molecule has 0 bridgehead atoms. The van der Waals surface area contributed by atoms with Gasteiger partial charge in [-0.25, -0.2) is 13.2 Å². The maximum absolute atomic E-state index is 16.7. The molecule has 5 heterocycles. The van der Waals surface area contributed by atoms with Gasteiger partial charge in [0.05, 0.1) is 17.0 Å². The molecule has 11 heteroatoms.